The van der Waals surface area contributed by atoms with E-state index in [0.717, 1.165) is 12.1 Å². The van der Waals surface area contributed by atoms with Crippen LogP contribution in [0.15, 0.2) is 54.6 Å². The maximum atomic E-state index is 5.14. The molecule has 0 bridgehead atoms. The molecule has 92 valence electrons. The summed E-state index contributed by atoms with van der Waals surface area (Å²) in [5.74, 6) is 0. The molecule has 0 fully saturated rings. The molecule has 2 N–H and O–H groups in total. The quantitative estimate of drug-likeness (QED) is 0.825. The van der Waals surface area contributed by atoms with Crippen LogP contribution >= 0.6 is 12.2 Å². The van der Waals surface area contributed by atoms with Gasteiger partial charge >= 0.3 is 0 Å². The van der Waals surface area contributed by atoms with Gasteiger partial charge in [0.05, 0.1) is 0 Å². The van der Waals surface area contributed by atoms with Gasteiger partial charge in [0.25, 0.3) is 0 Å². The van der Waals surface area contributed by atoms with E-state index in [1.807, 2.05) is 31.3 Å². The molecule has 0 heterocycles. The molecule has 2 rings (SSSR count). The second-order valence-corrected chi connectivity index (χ2v) is 4.43. The molecule has 0 amide bonds. The molecule has 0 saturated carbocycles. The molecule has 0 spiro atoms. The molecule has 2 nitrogen and oxygen atoms in total. The minimum absolute atomic E-state index is 0.635. The van der Waals surface area contributed by atoms with Gasteiger partial charge in [0.15, 0.2) is 5.11 Å². The average molecular weight is 256 g/mol. The van der Waals surface area contributed by atoms with Gasteiger partial charge in [-0.25, -0.2) is 0 Å². The maximum Gasteiger partial charge on any atom is 0.170 e. The monoisotopic (exact) mass is 256 g/mol. The Morgan fingerprint density at radius 2 is 1.67 bits per heavy atom. The van der Waals surface area contributed by atoms with Crippen LogP contribution in [-0.4, -0.2) is 12.2 Å². The van der Waals surface area contributed by atoms with Gasteiger partial charge in [0.2, 0.25) is 0 Å². The minimum atomic E-state index is 0.635. The molecule has 0 atom stereocenters. The Labute approximate surface area is 113 Å². The predicted octanol–water partition coefficient (Wildman–Crippen LogP) is 3.19. The summed E-state index contributed by atoms with van der Waals surface area (Å²) in [5.41, 5.74) is 3.59. The van der Waals surface area contributed by atoms with Crippen molar-refractivity contribution in [3.8, 4) is 0 Å². The van der Waals surface area contributed by atoms with Crippen LogP contribution in [0.4, 0.5) is 5.69 Å². The number of anilines is 1. The van der Waals surface area contributed by atoms with Gasteiger partial charge in [-0.05, 0) is 35.8 Å². The summed E-state index contributed by atoms with van der Waals surface area (Å²) < 4.78 is 0. The van der Waals surface area contributed by atoms with Crippen molar-refractivity contribution in [1.29, 1.82) is 0 Å². The van der Waals surface area contributed by atoms with E-state index in [2.05, 4.69) is 41.0 Å². The van der Waals surface area contributed by atoms with E-state index in [1.165, 1.54) is 11.1 Å². The fraction of sp³-hybridized carbons (Fsp3) is 0.133. The van der Waals surface area contributed by atoms with Gasteiger partial charge in [-0.2, -0.15) is 0 Å². The van der Waals surface area contributed by atoms with Crippen LogP contribution in [-0.2, 0) is 6.42 Å². The Hall–Kier alpha value is -1.87. The number of thiocarbonyl (C=S) groups is 1. The molecule has 3 heteroatoms. The highest BCUT2D eigenvalue weighted by Crippen LogP contribution is 2.18. The van der Waals surface area contributed by atoms with E-state index in [-0.39, 0.29) is 0 Å². The smallest absolute Gasteiger partial charge is 0.170 e. The molecular weight excluding hydrogens is 240 g/mol. The van der Waals surface area contributed by atoms with Gasteiger partial charge in [-0.15, -0.1) is 0 Å². The number of para-hydroxylation sites is 1. The topological polar surface area (TPSA) is 24.1 Å². The average Bonchev–Trinajstić information content (AvgIpc) is 2.42. The molecule has 0 radical (unpaired) electrons. The predicted molar refractivity (Wildman–Crippen MR) is 81.0 cm³/mol. The Bertz CT molecular complexity index is 523. The summed E-state index contributed by atoms with van der Waals surface area (Å²) in [6, 6.07) is 18.6. The van der Waals surface area contributed by atoms with E-state index in [0.29, 0.717) is 5.11 Å². The van der Waals surface area contributed by atoms with Crippen LogP contribution in [0.1, 0.15) is 11.1 Å². The van der Waals surface area contributed by atoms with E-state index in [4.69, 9.17) is 12.2 Å². The van der Waals surface area contributed by atoms with Gasteiger partial charge in [-0.1, -0.05) is 48.5 Å². The lowest BCUT2D eigenvalue weighted by Crippen LogP contribution is -2.24. The third-order valence-corrected chi connectivity index (χ3v) is 3.04. The number of nitrogens with one attached hydrogen (secondary N) is 2. The highest BCUT2D eigenvalue weighted by Gasteiger charge is 2.03. The lowest BCUT2D eigenvalue weighted by atomic mass is 10.0. The summed E-state index contributed by atoms with van der Waals surface area (Å²) in [6.07, 6.45) is 0.899. The van der Waals surface area contributed by atoms with Crippen molar-refractivity contribution in [2.24, 2.45) is 0 Å². The maximum absolute atomic E-state index is 5.14. The number of benzene rings is 2. The van der Waals surface area contributed by atoms with Crippen molar-refractivity contribution in [2.75, 3.05) is 12.4 Å². The molecular formula is C15H16N2S. The number of hydrogen-bond donors (Lipinski definition) is 2. The Morgan fingerprint density at radius 3 is 2.39 bits per heavy atom. The van der Waals surface area contributed by atoms with Crippen LogP contribution in [0, 0.1) is 0 Å². The van der Waals surface area contributed by atoms with Crippen LogP contribution in [0.5, 0.6) is 0 Å². The van der Waals surface area contributed by atoms with E-state index in [9.17, 15) is 0 Å². The zero-order chi connectivity index (χ0) is 12.8. The minimum Gasteiger partial charge on any atom is -0.366 e. The first-order valence-corrected chi connectivity index (χ1v) is 6.31. The zero-order valence-electron chi connectivity index (χ0n) is 10.3. The lowest BCUT2D eigenvalue weighted by Gasteiger charge is -2.12. The Balaban J connectivity index is 2.20. The van der Waals surface area contributed by atoms with Crippen LogP contribution in [0.3, 0.4) is 0 Å². The second kappa shape index (κ2) is 6.17. The summed E-state index contributed by atoms with van der Waals surface area (Å²) >= 11 is 5.14. The largest absolute Gasteiger partial charge is 0.366 e. The van der Waals surface area contributed by atoms with Gasteiger partial charge in [-0.3, -0.25) is 0 Å². The van der Waals surface area contributed by atoms with Crippen molar-refractivity contribution in [2.45, 2.75) is 6.42 Å². The molecule has 0 aliphatic carbocycles. The van der Waals surface area contributed by atoms with Crippen molar-refractivity contribution >= 4 is 23.0 Å². The summed E-state index contributed by atoms with van der Waals surface area (Å²) in [7, 11) is 1.81. The SMILES string of the molecule is CNC(=S)Nc1ccccc1Cc1ccccc1. The van der Waals surface area contributed by atoms with E-state index in [1.54, 1.807) is 0 Å². The molecule has 0 saturated heterocycles. The normalized spacial score (nSPS) is 9.83. The van der Waals surface area contributed by atoms with Crippen molar-refractivity contribution in [3.05, 3.63) is 65.7 Å². The van der Waals surface area contributed by atoms with Gasteiger partial charge in [0, 0.05) is 12.7 Å². The molecule has 0 aliphatic rings. The van der Waals surface area contributed by atoms with E-state index >= 15 is 0 Å². The van der Waals surface area contributed by atoms with Crippen molar-refractivity contribution < 1.29 is 0 Å². The molecule has 2 aromatic rings. The lowest BCUT2D eigenvalue weighted by molar-refractivity contribution is 1.17. The van der Waals surface area contributed by atoms with Crippen LogP contribution in [0.25, 0.3) is 0 Å². The molecule has 0 aromatic heterocycles. The fourth-order valence-corrected chi connectivity index (χ4v) is 1.91. The number of rotatable bonds is 3. The highest BCUT2D eigenvalue weighted by molar-refractivity contribution is 7.80. The van der Waals surface area contributed by atoms with Crippen LogP contribution < -0.4 is 10.6 Å². The zero-order valence-corrected chi connectivity index (χ0v) is 11.1. The standard InChI is InChI=1S/C15H16N2S/c1-16-15(18)17-14-10-6-5-9-13(14)11-12-7-3-2-4-8-12/h2-10H,11H2,1H3,(H2,16,17,18). The first-order valence-electron chi connectivity index (χ1n) is 5.90. The van der Waals surface area contributed by atoms with Gasteiger partial charge in [0.1, 0.15) is 0 Å². The fourth-order valence-electron chi connectivity index (χ4n) is 1.80. The summed E-state index contributed by atoms with van der Waals surface area (Å²) in [6.45, 7) is 0. The Morgan fingerprint density at radius 1 is 1.00 bits per heavy atom. The van der Waals surface area contributed by atoms with Crippen molar-refractivity contribution in [1.82, 2.24) is 5.32 Å². The molecule has 0 unspecified atom stereocenters. The first-order chi connectivity index (χ1) is 8.79. The summed E-state index contributed by atoms with van der Waals surface area (Å²) in [5, 5.41) is 6.76. The van der Waals surface area contributed by atoms with E-state index < -0.39 is 0 Å². The highest BCUT2D eigenvalue weighted by atomic mass is 32.1. The van der Waals surface area contributed by atoms with Crippen LogP contribution in [0.2, 0.25) is 0 Å². The first kappa shape index (κ1) is 12.6. The molecule has 0 aliphatic heterocycles. The third kappa shape index (κ3) is 3.31. The van der Waals surface area contributed by atoms with Crippen molar-refractivity contribution in [3.63, 3.8) is 0 Å². The third-order valence-electron chi connectivity index (χ3n) is 2.73. The Kier molecular flexibility index (Phi) is 4.31. The number of hydrogen-bond acceptors (Lipinski definition) is 1. The molecule has 18 heavy (non-hydrogen) atoms. The second-order valence-electron chi connectivity index (χ2n) is 4.02. The molecule has 2 aromatic carbocycles. The summed E-state index contributed by atoms with van der Waals surface area (Å²) in [4.78, 5) is 0. The van der Waals surface area contributed by atoms with Gasteiger partial charge < -0.3 is 10.6 Å².